The van der Waals surface area contributed by atoms with Crippen molar-refractivity contribution in [3.8, 4) is 0 Å². The predicted octanol–water partition coefficient (Wildman–Crippen LogP) is 13.1. The molecule has 25 nitrogen and oxygen atoms in total. The second-order valence-electron chi connectivity index (χ2n) is 37.6. The topological polar surface area (TPSA) is 266 Å². The number of hydrogen-bond acceptors (Lipinski definition) is 20. The number of carbonyl (C=O) groups is 10. The van der Waals surface area contributed by atoms with Gasteiger partial charge in [-0.25, -0.2) is 0 Å². The van der Waals surface area contributed by atoms with Gasteiger partial charge in [-0.05, 0) is 101 Å². The minimum absolute atomic E-state index is 0.0260. The Balaban J connectivity index is 6.79. The van der Waals surface area contributed by atoms with Crippen LogP contribution in [0.3, 0.4) is 0 Å². The molecule has 25 heteroatoms. The molecule has 0 rings (SSSR count). The monoisotopic (exact) mass is 1700 g/mol. The highest BCUT2D eigenvalue weighted by molar-refractivity contribution is 5.95. The summed E-state index contributed by atoms with van der Waals surface area (Å²) in [7, 11) is 20.8. The van der Waals surface area contributed by atoms with Gasteiger partial charge < -0.3 is 74.8 Å². The Hall–Kier alpha value is -5.02. The molecule has 0 radical (unpaired) electrons. The van der Waals surface area contributed by atoms with E-state index in [0.717, 1.165) is 64.7 Å². The van der Waals surface area contributed by atoms with Crippen LogP contribution in [0.4, 0.5) is 0 Å². The van der Waals surface area contributed by atoms with Gasteiger partial charge in [0.15, 0.2) is 0 Å². The van der Waals surface area contributed by atoms with E-state index < -0.39 is 39.9 Å². The maximum Gasteiger partial charge on any atom is 0.307 e. The van der Waals surface area contributed by atoms with Crippen molar-refractivity contribution in [3.05, 3.63) is 0 Å². The normalized spacial score (nSPS) is 13.2. The van der Waals surface area contributed by atoms with E-state index >= 15 is 19.2 Å². The highest BCUT2D eigenvalue weighted by Gasteiger charge is 2.45. The number of hydrogen-bond donors (Lipinski definition) is 4. The fourth-order valence-electron chi connectivity index (χ4n) is 15.3. The van der Waals surface area contributed by atoms with Crippen molar-refractivity contribution in [2.24, 2.45) is 39.9 Å². The van der Waals surface area contributed by atoms with Crippen LogP contribution in [0.5, 0.6) is 0 Å². The zero-order chi connectivity index (χ0) is 90.3. The second-order valence-corrected chi connectivity index (χ2v) is 37.6. The molecule has 4 N–H and O–H groups in total. The summed E-state index contributed by atoms with van der Waals surface area (Å²) in [6.07, 6.45) is 31.7. The first kappa shape index (κ1) is 115. The van der Waals surface area contributed by atoms with Crippen molar-refractivity contribution < 1.29 is 57.4 Å². The van der Waals surface area contributed by atoms with Crippen molar-refractivity contribution in [2.75, 3.05) is 215 Å². The molecule has 0 aromatic heterocycles. The Bertz CT molecular complexity index is 2760. The molecule has 4 unspecified atom stereocenters. The van der Waals surface area contributed by atoms with Crippen molar-refractivity contribution in [1.82, 2.24) is 65.4 Å². The number of ether oxygens (including phenoxy) is 2. The maximum atomic E-state index is 15.9. The van der Waals surface area contributed by atoms with Crippen LogP contribution in [-0.4, -0.2) is 318 Å². The van der Waals surface area contributed by atoms with E-state index in [2.05, 4.69) is 64.5 Å². The smallest absolute Gasteiger partial charge is 0.307 e. The van der Waals surface area contributed by atoms with Crippen LogP contribution < -0.4 is 21.3 Å². The Morgan fingerprint density at radius 2 is 0.633 bits per heavy atom. The van der Waals surface area contributed by atoms with Gasteiger partial charge in [0, 0.05) is 211 Å². The number of unbranched alkanes of at least 4 members (excludes halogenated alkanes) is 23. The van der Waals surface area contributed by atoms with Crippen LogP contribution in [0.2, 0.25) is 0 Å². The zero-order valence-electron chi connectivity index (χ0n) is 81.0. The van der Waals surface area contributed by atoms with Crippen LogP contribution in [-0.2, 0) is 57.4 Å². The minimum atomic E-state index is -1.35. The van der Waals surface area contributed by atoms with Crippen molar-refractivity contribution >= 4 is 58.8 Å². The SMILES string of the molecule is CCCCCCCCCCCCCCOC(=O)CCN(C)CCN(C)CCN(C)C(=O)CC(CC(C)(C)C(=O)CC(CC)C(=O)N(C)CCN(C)CCN(C)CCC(=O)OCCCCCCCCCCCCCC)C(=O)C(C)(C)CC(CC(=O)C(C)(C)CC(CC(=O)NCCN(C)CCNC)C(=O)NCCCC)C(=O)N(C)CCN(C)CCNC. The van der Waals surface area contributed by atoms with E-state index in [4.69, 9.17) is 9.47 Å². The average molecular weight is 1700 g/mol. The van der Waals surface area contributed by atoms with Crippen LogP contribution in [0.15, 0.2) is 0 Å². The van der Waals surface area contributed by atoms with Crippen LogP contribution >= 0.6 is 0 Å². The van der Waals surface area contributed by atoms with Crippen molar-refractivity contribution in [1.29, 1.82) is 0 Å². The standard InChI is InChI=1S/C95H185N13O12/c1-22-26-29-31-33-35-37-39-41-43-45-47-70-119-87(113)49-55-100(13)60-62-104(17)64-67-106(19)86(112)75-80(76-93(5,6)83(109)72-79(25-4)91(117)107(20)69-66-105(18)63-61-101(14)56-50-88(114)120-71-48-46-44-42-40-38-36-34-32-30-27-23-2)89(115)95(9,10)78-82(92(118)108(21)68-65-103(16)58-53-97-12)73-84(110)94(7,8)77-81(90(116)99-51-28-24-3)74-85(111)98-54-59-102(15)57-52-96-11/h79-82,96-97H,22-78H2,1-21H3,(H,98,111)(H,99,116). The molecular weight excluding hydrogens is 1520 g/mol. The van der Waals surface area contributed by atoms with Gasteiger partial charge in [0.25, 0.3) is 0 Å². The van der Waals surface area contributed by atoms with E-state index in [9.17, 15) is 28.8 Å². The number of Topliss-reactive ketones (excluding diaryl/α,β-unsaturated/α-hetero) is 3. The average Bonchev–Trinajstić information content (AvgIpc) is 0.791. The number of nitrogens with zero attached hydrogens (tertiary/aromatic N) is 9. The van der Waals surface area contributed by atoms with Gasteiger partial charge in [-0.1, -0.05) is 217 Å². The molecule has 0 aromatic rings. The summed E-state index contributed by atoms with van der Waals surface area (Å²) in [5.41, 5.74) is -3.76. The summed E-state index contributed by atoms with van der Waals surface area (Å²) in [5, 5.41) is 12.3. The Morgan fingerprint density at radius 3 is 1.03 bits per heavy atom. The summed E-state index contributed by atoms with van der Waals surface area (Å²) in [6, 6.07) is 0. The van der Waals surface area contributed by atoms with E-state index in [1.54, 1.807) is 77.4 Å². The summed E-state index contributed by atoms with van der Waals surface area (Å²) in [4.78, 5) is 161. The lowest BCUT2D eigenvalue weighted by atomic mass is 9.67. The zero-order valence-corrected chi connectivity index (χ0v) is 81.0. The molecule has 0 aromatic carbocycles. The summed E-state index contributed by atoms with van der Waals surface area (Å²) in [5.74, 6) is -6.21. The Kier molecular flexibility index (Phi) is 66.3. The molecule has 0 aliphatic carbocycles. The van der Waals surface area contributed by atoms with Crippen molar-refractivity contribution in [2.45, 2.75) is 300 Å². The molecular formula is C95H185N13O12. The molecule has 5 amide bonds. The number of esters is 2. The predicted molar refractivity (Wildman–Crippen MR) is 493 cm³/mol. The Labute approximate surface area is 733 Å². The number of amides is 5. The molecule has 0 heterocycles. The first-order valence-corrected chi connectivity index (χ1v) is 47.6. The van der Waals surface area contributed by atoms with Crippen LogP contribution in [0.25, 0.3) is 0 Å². The molecule has 0 bridgehead atoms. The van der Waals surface area contributed by atoms with Crippen molar-refractivity contribution in [3.63, 3.8) is 0 Å². The lowest BCUT2D eigenvalue weighted by molar-refractivity contribution is -0.145. The number of rotatable bonds is 81. The number of likely N-dealkylation sites (N-methyl/N-ethyl adjacent to an activating group) is 11. The van der Waals surface area contributed by atoms with Crippen LogP contribution in [0, 0.1) is 39.9 Å². The van der Waals surface area contributed by atoms with Gasteiger partial charge in [0.1, 0.15) is 17.3 Å². The fraction of sp³-hybridized carbons (Fsp3) is 0.895. The summed E-state index contributed by atoms with van der Waals surface area (Å²) < 4.78 is 11.2. The third-order valence-electron chi connectivity index (χ3n) is 24.5. The summed E-state index contributed by atoms with van der Waals surface area (Å²) >= 11 is 0. The number of ketones is 3. The second kappa shape index (κ2) is 69.2. The summed E-state index contributed by atoms with van der Waals surface area (Å²) in [6.45, 7) is 31.0. The first-order valence-electron chi connectivity index (χ1n) is 47.6. The lowest BCUT2D eigenvalue weighted by Crippen LogP contribution is -2.45. The minimum Gasteiger partial charge on any atom is -0.466 e. The molecule has 0 saturated heterocycles. The van der Waals surface area contributed by atoms with Gasteiger partial charge in [0.2, 0.25) is 29.5 Å². The molecule has 0 saturated carbocycles. The van der Waals surface area contributed by atoms with E-state index in [0.29, 0.717) is 131 Å². The molecule has 0 fully saturated rings. The van der Waals surface area contributed by atoms with Gasteiger partial charge in [-0.2, -0.15) is 0 Å². The molecule has 0 aliphatic heterocycles. The third kappa shape index (κ3) is 56.8. The first-order chi connectivity index (χ1) is 56.9. The molecule has 4 atom stereocenters. The highest BCUT2D eigenvalue weighted by atomic mass is 16.5. The molecule has 0 spiro atoms. The highest BCUT2D eigenvalue weighted by Crippen LogP contribution is 2.41. The van der Waals surface area contributed by atoms with Gasteiger partial charge in [0.05, 0.1) is 26.1 Å². The molecule has 0 aliphatic rings. The quantitative estimate of drug-likeness (QED) is 0.0326. The fourth-order valence-corrected chi connectivity index (χ4v) is 15.3. The molecule has 702 valence electrons. The van der Waals surface area contributed by atoms with Gasteiger partial charge in [-0.15, -0.1) is 0 Å². The lowest BCUT2D eigenvalue weighted by Gasteiger charge is -2.37. The number of nitrogens with one attached hydrogen (secondary N) is 4. The van der Waals surface area contributed by atoms with E-state index in [1.165, 1.54) is 128 Å². The Morgan fingerprint density at radius 1 is 0.308 bits per heavy atom. The van der Waals surface area contributed by atoms with E-state index in [1.807, 2.05) is 70.2 Å². The molecule has 120 heavy (non-hydrogen) atoms. The van der Waals surface area contributed by atoms with E-state index in [-0.39, 0.29) is 104 Å². The van der Waals surface area contributed by atoms with Gasteiger partial charge in [-0.3, -0.25) is 47.9 Å². The number of carbonyl (C=O) groups excluding carboxylic acids is 10. The van der Waals surface area contributed by atoms with Crippen LogP contribution in [0.1, 0.15) is 300 Å². The largest absolute Gasteiger partial charge is 0.466 e. The van der Waals surface area contributed by atoms with Gasteiger partial charge >= 0.3 is 11.9 Å². The third-order valence-corrected chi connectivity index (χ3v) is 24.5. The maximum absolute atomic E-state index is 15.9.